The van der Waals surface area contributed by atoms with Crippen LogP contribution >= 0.6 is 0 Å². The Morgan fingerprint density at radius 2 is 1.40 bits per heavy atom. The smallest absolute Gasteiger partial charge is 0.0104 e. The third kappa shape index (κ3) is 14.3. The predicted octanol–water partition coefficient (Wildman–Crippen LogP) is 1.49. The van der Waals surface area contributed by atoms with Crippen molar-refractivity contribution in [3.05, 3.63) is 0 Å². The van der Waals surface area contributed by atoms with Crippen LogP contribution in [0.25, 0.3) is 0 Å². The third-order valence-electron chi connectivity index (χ3n) is 3.38. The predicted molar refractivity (Wildman–Crippen MR) is 90.5 cm³/mol. The van der Waals surface area contributed by atoms with Crippen molar-refractivity contribution in [3.63, 3.8) is 0 Å². The highest BCUT2D eigenvalue weighted by Gasteiger charge is 2.01. The Kier molecular flexibility index (Phi) is 13.7. The van der Waals surface area contributed by atoms with E-state index in [-0.39, 0.29) is 0 Å². The van der Waals surface area contributed by atoms with Crippen LogP contribution < -0.4 is 10.6 Å². The van der Waals surface area contributed by atoms with E-state index in [9.17, 15) is 0 Å². The Labute approximate surface area is 127 Å². The van der Waals surface area contributed by atoms with E-state index in [0.29, 0.717) is 0 Å². The zero-order valence-corrected chi connectivity index (χ0v) is 14.5. The number of likely N-dealkylation sites (N-methyl/N-ethyl adjacent to an activating group) is 2. The molecule has 0 unspecified atom stereocenters. The fourth-order valence-corrected chi connectivity index (χ4v) is 2.35. The maximum Gasteiger partial charge on any atom is 0.0104 e. The molecule has 4 nitrogen and oxygen atoms in total. The van der Waals surface area contributed by atoms with Crippen LogP contribution in [0.3, 0.4) is 0 Å². The molecule has 0 saturated heterocycles. The lowest BCUT2D eigenvalue weighted by Crippen LogP contribution is -2.31. The lowest BCUT2D eigenvalue weighted by Gasteiger charge is -2.19. The zero-order valence-electron chi connectivity index (χ0n) is 14.5. The summed E-state index contributed by atoms with van der Waals surface area (Å²) in [4.78, 5) is 4.83. The van der Waals surface area contributed by atoms with Gasteiger partial charge < -0.3 is 20.4 Å². The fraction of sp³-hybridized carbons (Fsp3) is 1.00. The lowest BCUT2D eigenvalue weighted by molar-refractivity contribution is 0.289. The van der Waals surface area contributed by atoms with Crippen molar-refractivity contribution in [2.75, 3.05) is 66.5 Å². The maximum atomic E-state index is 3.55. The Morgan fingerprint density at radius 1 is 0.800 bits per heavy atom. The molecule has 0 saturated carbocycles. The van der Waals surface area contributed by atoms with E-state index < -0.39 is 0 Å². The molecule has 0 aliphatic rings. The van der Waals surface area contributed by atoms with Crippen LogP contribution in [0.2, 0.25) is 0 Å². The Hall–Kier alpha value is -0.160. The van der Waals surface area contributed by atoms with Gasteiger partial charge in [0.2, 0.25) is 0 Å². The summed E-state index contributed by atoms with van der Waals surface area (Å²) in [7, 11) is 4.43. The molecular formula is C16H38N4. The van der Waals surface area contributed by atoms with Crippen LogP contribution in [-0.2, 0) is 0 Å². The molecule has 20 heavy (non-hydrogen) atoms. The first-order valence-electron chi connectivity index (χ1n) is 8.34. The SMILES string of the molecule is CCNCCN(C)CCCNCCCN(C)CC(C)C. The molecule has 0 amide bonds. The Morgan fingerprint density at radius 3 is 1.95 bits per heavy atom. The van der Waals surface area contributed by atoms with E-state index in [1.807, 2.05) is 0 Å². The van der Waals surface area contributed by atoms with Crippen molar-refractivity contribution in [1.82, 2.24) is 20.4 Å². The maximum absolute atomic E-state index is 3.55. The topological polar surface area (TPSA) is 30.5 Å². The van der Waals surface area contributed by atoms with Crippen molar-refractivity contribution < 1.29 is 0 Å². The molecule has 0 radical (unpaired) electrons. The van der Waals surface area contributed by atoms with Crippen LogP contribution in [0.5, 0.6) is 0 Å². The second-order valence-corrected chi connectivity index (χ2v) is 6.27. The molecule has 4 heteroatoms. The minimum atomic E-state index is 0.769. The van der Waals surface area contributed by atoms with E-state index in [2.05, 4.69) is 55.3 Å². The molecule has 0 bridgehead atoms. The number of nitrogens with zero attached hydrogens (tertiary/aromatic N) is 2. The number of nitrogens with one attached hydrogen (secondary N) is 2. The van der Waals surface area contributed by atoms with Crippen LogP contribution in [0.4, 0.5) is 0 Å². The summed E-state index contributed by atoms with van der Waals surface area (Å²) in [5.74, 6) is 0.769. The van der Waals surface area contributed by atoms with Gasteiger partial charge in [0, 0.05) is 19.6 Å². The quantitative estimate of drug-likeness (QED) is 0.474. The Bertz CT molecular complexity index is 197. The summed E-state index contributed by atoms with van der Waals surface area (Å²) in [5, 5.41) is 6.91. The number of rotatable bonds is 14. The molecule has 0 atom stereocenters. The molecule has 0 rings (SSSR count). The fourth-order valence-electron chi connectivity index (χ4n) is 2.35. The van der Waals surface area contributed by atoms with E-state index in [1.165, 1.54) is 32.5 Å². The largest absolute Gasteiger partial charge is 0.317 e. The van der Waals surface area contributed by atoms with Crippen molar-refractivity contribution in [1.29, 1.82) is 0 Å². The van der Waals surface area contributed by atoms with Crippen LogP contribution in [0, 0.1) is 5.92 Å². The van der Waals surface area contributed by atoms with Crippen LogP contribution in [-0.4, -0.2) is 76.3 Å². The van der Waals surface area contributed by atoms with Gasteiger partial charge in [-0.25, -0.2) is 0 Å². The molecule has 0 aliphatic heterocycles. The van der Waals surface area contributed by atoms with Gasteiger partial charge in [-0.05, 0) is 65.6 Å². The number of hydrogen-bond donors (Lipinski definition) is 2. The highest BCUT2D eigenvalue weighted by Crippen LogP contribution is 1.96. The van der Waals surface area contributed by atoms with Gasteiger partial charge in [-0.1, -0.05) is 20.8 Å². The van der Waals surface area contributed by atoms with Crippen molar-refractivity contribution in [2.24, 2.45) is 5.92 Å². The minimum absolute atomic E-state index is 0.769. The van der Waals surface area contributed by atoms with Gasteiger partial charge in [-0.2, -0.15) is 0 Å². The van der Waals surface area contributed by atoms with Crippen molar-refractivity contribution >= 4 is 0 Å². The molecule has 0 spiro atoms. The minimum Gasteiger partial charge on any atom is -0.317 e. The first-order chi connectivity index (χ1) is 9.56. The molecule has 2 N–H and O–H groups in total. The normalized spacial score (nSPS) is 12.0. The standard InChI is InChI=1S/C16H38N4/c1-6-17-11-14-19(4)12-7-9-18-10-8-13-20(5)15-16(2)3/h16-18H,6-15H2,1-5H3. The first kappa shape index (κ1) is 19.8. The molecular weight excluding hydrogens is 248 g/mol. The molecule has 0 aliphatic carbocycles. The van der Waals surface area contributed by atoms with Crippen LogP contribution in [0.1, 0.15) is 33.6 Å². The summed E-state index contributed by atoms with van der Waals surface area (Å²) in [5.41, 5.74) is 0. The van der Waals surface area contributed by atoms with E-state index in [1.54, 1.807) is 0 Å². The van der Waals surface area contributed by atoms with E-state index in [4.69, 9.17) is 0 Å². The molecule has 0 aromatic heterocycles. The van der Waals surface area contributed by atoms with Gasteiger partial charge in [-0.15, -0.1) is 0 Å². The second-order valence-electron chi connectivity index (χ2n) is 6.27. The second kappa shape index (κ2) is 13.8. The highest BCUT2D eigenvalue weighted by molar-refractivity contribution is 4.58. The summed E-state index contributed by atoms with van der Waals surface area (Å²) < 4.78 is 0. The molecule has 122 valence electrons. The van der Waals surface area contributed by atoms with E-state index in [0.717, 1.165) is 38.6 Å². The number of hydrogen-bond acceptors (Lipinski definition) is 4. The summed E-state index contributed by atoms with van der Waals surface area (Å²) in [6.07, 6.45) is 2.49. The molecule has 0 heterocycles. The van der Waals surface area contributed by atoms with Gasteiger partial charge in [0.25, 0.3) is 0 Å². The third-order valence-corrected chi connectivity index (χ3v) is 3.38. The van der Waals surface area contributed by atoms with Gasteiger partial charge in [0.15, 0.2) is 0 Å². The molecule has 0 aromatic carbocycles. The lowest BCUT2D eigenvalue weighted by atomic mass is 10.2. The van der Waals surface area contributed by atoms with Crippen molar-refractivity contribution in [3.8, 4) is 0 Å². The highest BCUT2D eigenvalue weighted by atomic mass is 15.1. The average Bonchev–Trinajstić information content (AvgIpc) is 2.37. The summed E-state index contributed by atoms with van der Waals surface area (Å²) >= 11 is 0. The van der Waals surface area contributed by atoms with E-state index >= 15 is 0 Å². The summed E-state index contributed by atoms with van der Waals surface area (Å²) in [6.45, 7) is 15.9. The average molecular weight is 287 g/mol. The van der Waals surface area contributed by atoms with Crippen molar-refractivity contribution in [2.45, 2.75) is 33.6 Å². The molecule has 0 fully saturated rings. The zero-order chi connectivity index (χ0) is 15.2. The van der Waals surface area contributed by atoms with Gasteiger partial charge in [0.1, 0.15) is 0 Å². The van der Waals surface area contributed by atoms with Crippen LogP contribution in [0.15, 0.2) is 0 Å². The monoisotopic (exact) mass is 286 g/mol. The van der Waals surface area contributed by atoms with Gasteiger partial charge in [0.05, 0.1) is 0 Å². The van der Waals surface area contributed by atoms with Gasteiger partial charge in [-0.3, -0.25) is 0 Å². The first-order valence-corrected chi connectivity index (χ1v) is 8.34. The summed E-state index contributed by atoms with van der Waals surface area (Å²) in [6, 6.07) is 0. The molecule has 0 aromatic rings. The Balaban J connectivity index is 3.23. The van der Waals surface area contributed by atoms with Gasteiger partial charge >= 0.3 is 0 Å².